The van der Waals surface area contributed by atoms with Gasteiger partial charge in [0, 0.05) is 23.4 Å². The number of nitrogens with zero attached hydrogens (tertiary/aromatic N) is 3. The Morgan fingerprint density at radius 2 is 1.65 bits per heavy atom. The topological polar surface area (TPSA) is 38.2 Å². The number of alkyl halides is 3. The predicted molar refractivity (Wildman–Crippen MR) is 95.8 cm³/mol. The molecule has 0 bridgehead atoms. The average molecular weight is 424 g/mol. The van der Waals surface area contributed by atoms with Gasteiger partial charge in [0.15, 0.2) is 0 Å². The van der Waals surface area contributed by atoms with Crippen molar-refractivity contribution in [2.45, 2.75) is 6.18 Å². The van der Waals surface area contributed by atoms with Crippen LogP contribution in [0.5, 0.6) is 11.6 Å². The molecule has 0 aliphatic rings. The Labute approximate surface area is 156 Å². The second-order valence-electron chi connectivity index (χ2n) is 5.34. The molecule has 0 saturated heterocycles. The lowest BCUT2D eigenvalue weighted by molar-refractivity contribution is -0.139. The van der Waals surface area contributed by atoms with E-state index in [0.29, 0.717) is 0 Å². The van der Waals surface area contributed by atoms with Gasteiger partial charge in [-0.3, -0.25) is 0 Å². The van der Waals surface area contributed by atoms with Gasteiger partial charge in [0.1, 0.15) is 11.3 Å². The van der Waals surface area contributed by atoms with Crippen LogP contribution in [0.4, 0.5) is 24.8 Å². The maximum Gasteiger partial charge on any atom is 0.423 e. The lowest BCUT2D eigenvalue weighted by Gasteiger charge is -2.19. The summed E-state index contributed by atoms with van der Waals surface area (Å²) >= 11 is 3.34. The molecule has 0 aliphatic carbocycles. The molecule has 0 radical (unpaired) electrons. The standard InChI is InChI=1S/C18H13BrF3N3O/c1-25(13-9-7-12(19)8-10-13)17-23-11-15(18(20,21)22)16(24-17)26-14-5-3-2-4-6-14/h2-11H,1H3. The third-order valence-electron chi connectivity index (χ3n) is 3.52. The summed E-state index contributed by atoms with van der Waals surface area (Å²) in [5.41, 5.74) is -0.312. The van der Waals surface area contributed by atoms with E-state index in [4.69, 9.17) is 4.74 Å². The maximum absolute atomic E-state index is 13.3. The summed E-state index contributed by atoms with van der Waals surface area (Å²) in [5.74, 6) is -0.196. The quantitative estimate of drug-likeness (QED) is 0.529. The first-order chi connectivity index (χ1) is 12.3. The number of rotatable bonds is 4. The van der Waals surface area contributed by atoms with E-state index in [-0.39, 0.29) is 11.7 Å². The summed E-state index contributed by atoms with van der Waals surface area (Å²) in [4.78, 5) is 9.42. The van der Waals surface area contributed by atoms with Gasteiger partial charge < -0.3 is 9.64 Å². The van der Waals surface area contributed by atoms with E-state index in [1.54, 1.807) is 54.4 Å². The highest BCUT2D eigenvalue weighted by Gasteiger charge is 2.36. The molecule has 1 aromatic heterocycles. The molecule has 0 aliphatic heterocycles. The molecule has 3 aromatic rings. The Balaban J connectivity index is 2.00. The van der Waals surface area contributed by atoms with Crippen LogP contribution in [0, 0.1) is 0 Å². The van der Waals surface area contributed by atoms with Crippen LogP contribution in [0.2, 0.25) is 0 Å². The van der Waals surface area contributed by atoms with Crippen molar-refractivity contribution in [2.75, 3.05) is 11.9 Å². The normalized spacial score (nSPS) is 11.3. The van der Waals surface area contributed by atoms with Crippen molar-refractivity contribution in [3.05, 3.63) is 70.8 Å². The predicted octanol–water partition coefficient (Wildman–Crippen LogP) is 5.82. The van der Waals surface area contributed by atoms with Gasteiger partial charge in [0.05, 0.1) is 0 Å². The molecule has 2 aromatic carbocycles. The molecule has 0 spiro atoms. The lowest BCUT2D eigenvalue weighted by Crippen LogP contribution is -2.16. The van der Waals surface area contributed by atoms with Crippen LogP contribution in [0.15, 0.2) is 65.3 Å². The van der Waals surface area contributed by atoms with Gasteiger partial charge in [0.25, 0.3) is 0 Å². The van der Waals surface area contributed by atoms with E-state index >= 15 is 0 Å². The van der Waals surface area contributed by atoms with E-state index in [2.05, 4.69) is 25.9 Å². The smallest absolute Gasteiger partial charge is 0.423 e. The average Bonchev–Trinajstić information content (AvgIpc) is 2.61. The number of para-hydroxylation sites is 1. The van der Waals surface area contributed by atoms with Crippen molar-refractivity contribution in [2.24, 2.45) is 0 Å². The molecule has 0 amide bonds. The summed E-state index contributed by atoms with van der Waals surface area (Å²) < 4.78 is 46.1. The summed E-state index contributed by atoms with van der Waals surface area (Å²) in [6.45, 7) is 0. The Morgan fingerprint density at radius 1 is 1.00 bits per heavy atom. The minimum Gasteiger partial charge on any atom is -0.438 e. The number of hydrogen-bond donors (Lipinski definition) is 0. The molecule has 1 heterocycles. The van der Waals surface area contributed by atoms with Crippen LogP contribution in [-0.2, 0) is 6.18 Å². The van der Waals surface area contributed by atoms with Crippen LogP contribution in [0.1, 0.15) is 5.56 Å². The van der Waals surface area contributed by atoms with Crippen molar-refractivity contribution in [3.63, 3.8) is 0 Å². The Morgan fingerprint density at radius 3 is 2.27 bits per heavy atom. The number of benzene rings is 2. The highest BCUT2D eigenvalue weighted by Crippen LogP contribution is 2.37. The fourth-order valence-corrected chi connectivity index (χ4v) is 2.44. The molecule has 3 rings (SSSR count). The van der Waals surface area contributed by atoms with E-state index in [9.17, 15) is 13.2 Å². The first-order valence-electron chi connectivity index (χ1n) is 7.51. The molecule has 4 nitrogen and oxygen atoms in total. The molecule has 0 N–H and O–H groups in total. The highest BCUT2D eigenvalue weighted by molar-refractivity contribution is 9.10. The largest absolute Gasteiger partial charge is 0.438 e. The summed E-state index contributed by atoms with van der Waals surface area (Å²) in [6, 6.07) is 15.4. The molecule has 0 atom stereocenters. The van der Waals surface area contributed by atoms with E-state index < -0.39 is 17.6 Å². The Kier molecular flexibility index (Phi) is 5.13. The number of halogens is 4. The van der Waals surface area contributed by atoms with Crippen molar-refractivity contribution in [3.8, 4) is 11.6 Å². The molecular formula is C18H13BrF3N3O. The van der Waals surface area contributed by atoms with Gasteiger partial charge in [-0.1, -0.05) is 34.1 Å². The minimum absolute atomic E-state index is 0.0891. The van der Waals surface area contributed by atoms with E-state index in [1.807, 2.05) is 12.1 Å². The van der Waals surface area contributed by atoms with Gasteiger partial charge in [-0.25, -0.2) is 4.98 Å². The maximum atomic E-state index is 13.3. The fraction of sp³-hybridized carbons (Fsp3) is 0.111. The molecule has 0 fully saturated rings. The monoisotopic (exact) mass is 423 g/mol. The van der Waals surface area contributed by atoms with Crippen molar-refractivity contribution >= 4 is 27.6 Å². The van der Waals surface area contributed by atoms with Crippen LogP contribution in [0.25, 0.3) is 0 Å². The van der Waals surface area contributed by atoms with Gasteiger partial charge in [-0.15, -0.1) is 0 Å². The lowest BCUT2D eigenvalue weighted by atomic mass is 10.3. The van der Waals surface area contributed by atoms with Crippen molar-refractivity contribution in [1.29, 1.82) is 0 Å². The van der Waals surface area contributed by atoms with Gasteiger partial charge in [-0.05, 0) is 36.4 Å². The summed E-state index contributed by atoms with van der Waals surface area (Å²) in [6.07, 6.45) is -3.89. The number of aromatic nitrogens is 2. The molecular weight excluding hydrogens is 411 g/mol. The van der Waals surface area contributed by atoms with Gasteiger partial charge in [-0.2, -0.15) is 18.2 Å². The summed E-state index contributed by atoms with van der Waals surface area (Å²) in [7, 11) is 1.66. The number of ether oxygens (including phenoxy) is 1. The van der Waals surface area contributed by atoms with Crippen LogP contribution < -0.4 is 9.64 Å². The van der Waals surface area contributed by atoms with Gasteiger partial charge in [0.2, 0.25) is 11.8 Å². The van der Waals surface area contributed by atoms with Crippen molar-refractivity contribution < 1.29 is 17.9 Å². The van der Waals surface area contributed by atoms with Crippen LogP contribution in [0.3, 0.4) is 0 Å². The van der Waals surface area contributed by atoms with E-state index in [0.717, 1.165) is 16.4 Å². The highest BCUT2D eigenvalue weighted by atomic mass is 79.9. The molecule has 26 heavy (non-hydrogen) atoms. The summed E-state index contributed by atoms with van der Waals surface area (Å²) in [5, 5.41) is 0. The Hall–Kier alpha value is -2.61. The first kappa shape index (κ1) is 18.2. The zero-order valence-electron chi connectivity index (χ0n) is 13.5. The molecule has 0 saturated carbocycles. The third-order valence-corrected chi connectivity index (χ3v) is 4.05. The van der Waals surface area contributed by atoms with Crippen LogP contribution in [-0.4, -0.2) is 17.0 Å². The Bertz CT molecular complexity index is 886. The van der Waals surface area contributed by atoms with Gasteiger partial charge >= 0.3 is 6.18 Å². The second-order valence-corrected chi connectivity index (χ2v) is 6.25. The zero-order chi connectivity index (χ0) is 18.7. The number of anilines is 2. The van der Waals surface area contributed by atoms with Crippen molar-refractivity contribution in [1.82, 2.24) is 9.97 Å². The van der Waals surface area contributed by atoms with E-state index in [1.165, 1.54) is 0 Å². The zero-order valence-corrected chi connectivity index (χ0v) is 15.1. The minimum atomic E-state index is -4.63. The first-order valence-corrected chi connectivity index (χ1v) is 8.30. The molecule has 0 unspecified atom stereocenters. The van der Waals surface area contributed by atoms with Crippen LogP contribution >= 0.6 is 15.9 Å². The SMILES string of the molecule is CN(c1ccc(Br)cc1)c1ncc(C(F)(F)F)c(Oc2ccccc2)n1. The molecule has 8 heteroatoms. The fourth-order valence-electron chi connectivity index (χ4n) is 2.17. The number of hydrogen-bond acceptors (Lipinski definition) is 4. The second kappa shape index (κ2) is 7.33. The third kappa shape index (κ3) is 4.13. The molecule has 134 valence electrons.